The van der Waals surface area contributed by atoms with Crippen LogP contribution in [0.1, 0.15) is 56.1 Å². The van der Waals surface area contributed by atoms with Gasteiger partial charge in [-0.25, -0.2) is 0 Å². The van der Waals surface area contributed by atoms with Gasteiger partial charge < -0.3 is 9.88 Å². The van der Waals surface area contributed by atoms with Crippen LogP contribution in [0, 0.1) is 13.8 Å². The Balaban J connectivity index is 2.08. The van der Waals surface area contributed by atoms with E-state index in [0.717, 1.165) is 42.5 Å². The molecule has 1 amide bonds. The second-order valence-corrected chi connectivity index (χ2v) is 8.31. The molecule has 0 aliphatic carbocycles. The molecule has 6 nitrogen and oxygen atoms in total. The number of hydrogen-bond acceptors (Lipinski definition) is 5. The van der Waals surface area contributed by atoms with Crippen LogP contribution in [-0.2, 0) is 11.3 Å². The Hall–Kier alpha value is -1.86. The number of carbonyl (C=O) groups is 1. The maximum atomic E-state index is 12.4. The number of aryl methyl sites for hydroxylation is 2. The average Bonchev–Trinajstić information content (AvgIpc) is 3.04. The molecule has 1 heterocycles. The fourth-order valence-corrected chi connectivity index (χ4v) is 3.88. The van der Waals surface area contributed by atoms with E-state index in [2.05, 4.69) is 59.8 Å². The van der Waals surface area contributed by atoms with Crippen LogP contribution in [0.4, 0.5) is 5.69 Å². The molecule has 0 radical (unpaired) electrons. The molecule has 0 fully saturated rings. The van der Waals surface area contributed by atoms with Gasteiger partial charge in [0, 0.05) is 12.2 Å². The summed E-state index contributed by atoms with van der Waals surface area (Å²) in [6.45, 7) is 9.33. The van der Waals surface area contributed by atoms with Gasteiger partial charge >= 0.3 is 0 Å². The van der Waals surface area contributed by atoms with Gasteiger partial charge in [-0.15, -0.1) is 10.2 Å². The predicted octanol–water partition coefficient (Wildman–Crippen LogP) is 4.44. The van der Waals surface area contributed by atoms with Gasteiger partial charge in [-0.05, 0) is 64.0 Å². The van der Waals surface area contributed by atoms with Crippen molar-refractivity contribution in [3.05, 3.63) is 35.2 Å². The van der Waals surface area contributed by atoms with Crippen LogP contribution < -0.4 is 5.32 Å². The lowest BCUT2D eigenvalue weighted by atomic mass is 10.1. The van der Waals surface area contributed by atoms with Crippen LogP contribution in [0.2, 0.25) is 0 Å². The minimum Gasteiger partial charge on any atom is -0.325 e. The Morgan fingerprint density at radius 3 is 2.57 bits per heavy atom. The molecule has 0 unspecified atom stereocenters. The summed E-state index contributed by atoms with van der Waals surface area (Å²) < 4.78 is 2.19. The Bertz CT molecular complexity index is 787. The van der Waals surface area contributed by atoms with Gasteiger partial charge in [0.1, 0.15) is 0 Å². The highest BCUT2D eigenvalue weighted by Crippen LogP contribution is 2.26. The Morgan fingerprint density at radius 2 is 1.96 bits per heavy atom. The standard InChI is InChI=1S/C21H33N5OS/c1-7-9-12-26-20(18(8-2)25(5)6)23-24-21(26)28-14-19(27)22-17-11-10-15(3)16(4)13-17/h10-11,13,18H,7-9,12,14H2,1-6H3,(H,22,27)/t18-/m1/s1. The van der Waals surface area contributed by atoms with Crippen molar-refractivity contribution in [3.63, 3.8) is 0 Å². The molecule has 2 aromatic rings. The third-order valence-corrected chi connectivity index (χ3v) is 5.88. The summed E-state index contributed by atoms with van der Waals surface area (Å²) >= 11 is 1.45. The van der Waals surface area contributed by atoms with Crippen molar-refractivity contribution < 1.29 is 4.79 Å². The highest BCUT2D eigenvalue weighted by molar-refractivity contribution is 7.99. The maximum absolute atomic E-state index is 12.4. The molecule has 2 rings (SSSR count). The van der Waals surface area contributed by atoms with Crippen molar-refractivity contribution in [3.8, 4) is 0 Å². The summed E-state index contributed by atoms with van der Waals surface area (Å²) in [7, 11) is 4.13. The molecule has 0 saturated carbocycles. The number of unbranched alkanes of at least 4 members (excludes halogenated alkanes) is 1. The molecule has 0 aliphatic heterocycles. The molecule has 0 spiro atoms. The fourth-order valence-electron chi connectivity index (χ4n) is 3.10. The zero-order valence-electron chi connectivity index (χ0n) is 18.0. The van der Waals surface area contributed by atoms with E-state index < -0.39 is 0 Å². The van der Waals surface area contributed by atoms with Gasteiger partial charge in [0.15, 0.2) is 11.0 Å². The monoisotopic (exact) mass is 403 g/mol. The summed E-state index contributed by atoms with van der Waals surface area (Å²) in [5.41, 5.74) is 3.22. The largest absolute Gasteiger partial charge is 0.325 e. The van der Waals surface area contributed by atoms with Gasteiger partial charge in [-0.1, -0.05) is 38.1 Å². The molecule has 0 bridgehead atoms. The van der Waals surface area contributed by atoms with Crippen LogP contribution in [-0.4, -0.2) is 45.4 Å². The van der Waals surface area contributed by atoms with E-state index in [1.807, 2.05) is 25.1 Å². The van der Waals surface area contributed by atoms with Crippen molar-refractivity contribution in [2.45, 2.75) is 64.7 Å². The smallest absolute Gasteiger partial charge is 0.234 e. The molecular weight excluding hydrogens is 370 g/mol. The molecule has 0 saturated heterocycles. The Kier molecular flexibility index (Phi) is 8.51. The normalized spacial score (nSPS) is 12.4. The first-order chi connectivity index (χ1) is 13.4. The lowest BCUT2D eigenvalue weighted by Gasteiger charge is -2.23. The average molecular weight is 404 g/mol. The highest BCUT2D eigenvalue weighted by atomic mass is 32.2. The summed E-state index contributed by atoms with van der Waals surface area (Å²) in [5, 5.41) is 12.7. The molecule has 1 atom stereocenters. The first kappa shape index (κ1) is 22.4. The number of amides is 1. The zero-order chi connectivity index (χ0) is 20.7. The van der Waals surface area contributed by atoms with Gasteiger partial charge in [0.25, 0.3) is 0 Å². The summed E-state index contributed by atoms with van der Waals surface area (Å²) in [6, 6.07) is 6.19. The van der Waals surface area contributed by atoms with Crippen molar-refractivity contribution in [2.75, 3.05) is 25.2 Å². The van der Waals surface area contributed by atoms with Crippen LogP contribution >= 0.6 is 11.8 Å². The predicted molar refractivity (Wildman–Crippen MR) is 117 cm³/mol. The van der Waals surface area contributed by atoms with Crippen LogP contribution in [0.3, 0.4) is 0 Å². The van der Waals surface area contributed by atoms with E-state index in [9.17, 15) is 4.79 Å². The molecule has 7 heteroatoms. The van der Waals surface area contributed by atoms with Crippen LogP contribution in [0.15, 0.2) is 23.4 Å². The van der Waals surface area contributed by atoms with E-state index in [0.29, 0.717) is 5.75 Å². The van der Waals surface area contributed by atoms with E-state index in [-0.39, 0.29) is 11.9 Å². The number of thioether (sulfide) groups is 1. The molecular formula is C21H33N5OS. The first-order valence-corrected chi connectivity index (χ1v) is 10.9. The van der Waals surface area contributed by atoms with Gasteiger partial charge in [0.2, 0.25) is 5.91 Å². The highest BCUT2D eigenvalue weighted by Gasteiger charge is 2.22. The summed E-state index contributed by atoms with van der Waals surface area (Å²) in [5.74, 6) is 1.27. The van der Waals surface area contributed by atoms with E-state index >= 15 is 0 Å². The van der Waals surface area contributed by atoms with Crippen molar-refractivity contribution in [2.24, 2.45) is 0 Å². The Morgan fingerprint density at radius 1 is 1.21 bits per heavy atom. The van der Waals surface area contributed by atoms with Crippen LogP contribution in [0.5, 0.6) is 0 Å². The van der Waals surface area contributed by atoms with E-state index in [1.54, 1.807) is 0 Å². The third-order valence-electron chi connectivity index (χ3n) is 4.91. The number of nitrogens with zero attached hydrogens (tertiary/aromatic N) is 4. The third kappa shape index (κ3) is 5.82. The minimum atomic E-state index is -0.0282. The SMILES string of the molecule is CCCCn1c(SCC(=O)Nc2ccc(C)c(C)c2)nnc1[C@@H](CC)N(C)C. The molecule has 0 aliphatic rings. The molecule has 28 heavy (non-hydrogen) atoms. The minimum absolute atomic E-state index is 0.0282. The van der Waals surface area contributed by atoms with Gasteiger partial charge in [0.05, 0.1) is 11.8 Å². The molecule has 154 valence electrons. The summed E-state index contributed by atoms with van der Waals surface area (Å²) in [4.78, 5) is 14.6. The molecule has 1 aromatic heterocycles. The van der Waals surface area contributed by atoms with Crippen molar-refractivity contribution >= 4 is 23.4 Å². The van der Waals surface area contributed by atoms with Gasteiger partial charge in [-0.3, -0.25) is 9.69 Å². The number of rotatable bonds is 10. The van der Waals surface area contributed by atoms with Crippen molar-refractivity contribution in [1.82, 2.24) is 19.7 Å². The topological polar surface area (TPSA) is 63.1 Å². The number of carbonyl (C=O) groups excluding carboxylic acids is 1. The number of nitrogens with one attached hydrogen (secondary N) is 1. The van der Waals surface area contributed by atoms with Gasteiger partial charge in [-0.2, -0.15) is 0 Å². The molecule has 1 aromatic carbocycles. The maximum Gasteiger partial charge on any atom is 0.234 e. The number of hydrogen-bond donors (Lipinski definition) is 1. The van der Waals surface area contributed by atoms with Crippen molar-refractivity contribution in [1.29, 1.82) is 0 Å². The van der Waals surface area contributed by atoms with Crippen LogP contribution in [0.25, 0.3) is 0 Å². The lowest BCUT2D eigenvalue weighted by Crippen LogP contribution is -2.23. The zero-order valence-corrected chi connectivity index (χ0v) is 18.8. The summed E-state index contributed by atoms with van der Waals surface area (Å²) in [6.07, 6.45) is 3.14. The number of anilines is 1. The fraction of sp³-hybridized carbons (Fsp3) is 0.571. The Labute approximate surface area is 173 Å². The second-order valence-electron chi connectivity index (χ2n) is 7.37. The number of benzene rings is 1. The molecule has 1 N–H and O–H groups in total. The number of aromatic nitrogens is 3. The quantitative estimate of drug-likeness (QED) is 0.594. The second kappa shape index (κ2) is 10.6. The lowest BCUT2D eigenvalue weighted by molar-refractivity contribution is -0.113. The van der Waals surface area contributed by atoms with E-state index in [1.165, 1.54) is 22.9 Å². The first-order valence-electron chi connectivity index (χ1n) is 9.96. The van der Waals surface area contributed by atoms with E-state index in [4.69, 9.17) is 0 Å².